The number of carbonyl (C=O) groups excluding carboxylic acids is 4. The highest BCUT2D eigenvalue weighted by Crippen LogP contribution is 2.18. The third-order valence-corrected chi connectivity index (χ3v) is 5.20. The van der Waals surface area contributed by atoms with Gasteiger partial charge in [-0.25, -0.2) is 0 Å². The molecule has 0 radical (unpaired) electrons. The fourth-order valence-electron chi connectivity index (χ4n) is 3.35. The molecule has 0 bridgehead atoms. The van der Waals surface area contributed by atoms with Crippen LogP contribution >= 0.6 is 0 Å². The second-order valence-electron chi connectivity index (χ2n) is 7.74. The lowest BCUT2D eigenvalue weighted by atomic mass is 10.1. The number of rotatable bonds is 10. The van der Waals surface area contributed by atoms with E-state index in [0.29, 0.717) is 5.75 Å². The van der Waals surface area contributed by atoms with Crippen LogP contribution in [0.25, 0.3) is 0 Å². The number of anilines is 1. The Morgan fingerprint density at radius 3 is 2.17 bits per heavy atom. The van der Waals surface area contributed by atoms with Crippen LogP contribution in [0.5, 0.6) is 5.75 Å². The van der Waals surface area contributed by atoms with Gasteiger partial charge < -0.3 is 25.4 Å². The Kier molecular flexibility index (Phi) is 9.16. The molecule has 0 heterocycles. The number of hydrogen-bond acceptors (Lipinski definition) is 6. The molecule has 36 heavy (non-hydrogen) atoms. The highest BCUT2D eigenvalue weighted by molar-refractivity contribution is 6.04. The Morgan fingerprint density at radius 2 is 1.44 bits per heavy atom. The van der Waals surface area contributed by atoms with Gasteiger partial charge in [-0.3, -0.25) is 19.2 Å². The van der Waals surface area contributed by atoms with Crippen LogP contribution in [0.2, 0.25) is 0 Å². The number of para-hydroxylation sites is 2. The predicted molar refractivity (Wildman–Crippen MR) is 134 cm³/mol. The molecule has 3 aromatic rings. The molecule has 3 N–H and O–H groups in total. The van der Waals surface area contributed by atoms with E-state index < -0.39 is 30.9 Å². The van der Waals surface area contributed by atoms with Crippen molar-refractivity contribution in [1.29, 1.82) is 0 Å². The Balaban J connectivity index is 1.50. The fraction of sp³-hybridized carbons (Fsp3) is 0.185. The molecule has 9 heteroatoms. The van der Waals surface area contributed by atoms with E-state index in [2.05, 4.69) is 16.0 Å². The zero-order chi connectivity index (χ0) is 25.9. The summed E-state index contributed by atoms with van der Waals surface area (Å²) in [5.74, 6) is -1.94. The first-order valence-corrected chi connectivity index (χ1v) is 11.2. The van der Waals surface area contributed by atoms with Crippen LogP contribution in [0.15, 0.2) is 78.9 Å². The van der Waals surface area contributed by atoms with Gasteiger partial charge in [-0.05, 0) is 36.8 Å². The first-order valence-electron chi connectivity index (χ1n) is 11.2. The number of hydrogen-bond donors (Lipinski definition) is 3. The van der Waals surface area contributed by atoms with Crippen molar-refractivity contribution >= 4 is 29.4 Å². The molecule has 3 aromatic carbocycles. The smallest absolute Gasteiger partial charge is 0.325 e. The summed E-state index contributed by atoms with van der Waals surface area (Å²) in [7, 11) is 1.44. The van der Waals surface area contributed by atoms with Crippen molar-refractivity contribution in [3.8, 4) is 5.75 Å². The van der Waals surface area contributed by atoms with E-state index in [9.17, 15) is 19.2 Å². The average Bonchev–Trinajstić information content (AvgIpc) is 2.91. The van der Waals surface area contributed by atoms with Crippen LogP contribution in [0.1, 0.15) is 39.2 Å². The molecule has 0 fully saturated rings. The number of benzene rings is 3. The quantitative estimate of drug-likeness (QED) is 0.376. The summed E-state index contributed by atoms with van der Waals surface area (Å²) < 4.78 is 10.1. The van der Waals surface area contributed by atoms with E-state index in [0.717, 1.165) is 5.56 Å². The second kappa shape index (κ2) is 12.7. The molecule has 0 aromatic heterocycles. The Hall–Kier alpha value is -4.66. The van der Waals surface area contributed by atoms with Crippen molar-refractivity contribution in [1.82, 2.24) is 10.6 Å². The average molecular weight is 490 g/mol. The number of ether oxygens (including phenoxy) is 2. The van der Waals surface area contributed by atoms with Crippen molar-refractivity contribution in [2.45, 2.75) is 13.0 Å². The number of methoxy groups -OCH3 is 1. The topological polar surface area (TPSA) is 123 Å². The molecule has 1 atom stereocenters. The Bertz CT molecular complexity index is 1230. The summed E-state index contributed by atoms with van der Waals surface area (Å²) in [6, 6.07) is 22.3. The van der Waals surface area contributed by atoms with Crippen LogP contribution < -0.4 is 20.7 Å². The molecular weight excluding hydrogens is 462 g/mol. The van der Waals surface area contributed by atoms with E-state index in [1.54, 1.807) is 48.5 Å². The van der Waals surface area contributed by atoms with Crippen LogP contribution in [0, 0.1) is 0 Å². The molecule has 3 amide bonds. The van der Waals surface area contributed by atoms with Gasteiger partial charge in [0.1, 0.15) is 12.3 Å². The minimum Gasteiger partial charge on any atom is -0.496 e. The summed E-state index contributed by atoms with van der Waals surface area (Å²) in [4.78, 5) is 49.4. The van der Waals surface area contributed by atoms with E-state index in [1.165, 1.54) is 7.11 Å². The zero-order valence-electron chi connectivity index (χ0n) is 19.9. The van der Waals surface area contributed by atoms with Crippen molar-refractivity contribution in [3.63, 3.8) is 0 Å². The van der Waals surface area contributed by atoms with Crippen molar-refractivity contribution in [3.05, 3.63) is 95.6 Å². The third-order valence-electron chi connectivity index (χ3n) is 5.20. The van der Waals surface area contributed by atoms with Gasteiger partial charge in [-0.2, -0.15) is 0 Å². The summed E-state index contributed by atoms with van der Waals surface area (Å²) in [6.07, 6.45) is 0. The zero-order valence-corrected chi connectivity index (χ0v) is 19.9. The lowest BCUT2D eigenvalue weighted by molar-refractivity contribution is -0.146. The molecule has 186 valence electrons. The van der Waals surface area contributed by atoms with Crippen molar-refractivity contribution < 1.29 is 28.7 Å². The third kappa shape index (κ3) is 7.17. The number of carbonyl (C=O) groups is 4. The Morgan fingerprint density at radius 1 is 0.806 bits per heavy atom. The summed E-state index contributed by atoms with van der Waals surface area (Å²) >= 11 is 0. The lowest BCUT2D eigenvalue weighted by Gasteiger charge is -2.16. The summed E-state index contributed by atoms with van der Waals surface area (Å²) in [5.41, 5.74) is 1.75. The number of amides is 3. The van der Waals surface area contributed by atoms with E-state index in [1.807, 2.05) is 37.3 Å². The van der Waals surface area contributed by atoms with Gasteiger partial charge in [0.15, 0.2) is 6.61 Å². The normalized spacial score (nSPS) is 11.1. The molecule has 1 unspecified atom stereocenters. The maximum Gasteiger partial charge on any atom is 0.325 e. The highest BCUT2D eigenvalue weighted by Gasteiger charge is 2.17. The van der Waals surface area contributed by atoms with E-state index >= 15 is 0 Å². The van der Waals surface area contributed by atoms with E-state index in [4.69, 9.17) is 9.47 Å². The van der Waals surface area contributed by atoms with Crippen LogP contribution in [-0.4, -0.2) is 44.0 Å². The standard InChI is InChI=1S/C27H27N3O6/c1-18(19-10-4-3-5-11-19)29-27(34)20-12-6-8-14-22(20)30-24(31)17-36-25(32)16-28-26(33)21-13-7-9-15-23(21)35-2/h3-15,18H,16-17H2,1-2H3,(H,28,33)(H,29,34)(H,30,31). The van der Waals surface area contributed by atoms with Gasteiger partial charge in [-0.15, -0.1) is 0 Å². The maximum atomic E-state index is 12.8. The van der Waals surface area contributed by atoms with Crippen molar-refractivity contribution in [2.24, 2.45) is 0 Å². The number of nitrogens with one attached hydrogen (secondary N) is 3. The molecule has 0 aliphatic rings. The van der Waals surface area contributed by atoms with Gasteiger partial charge >= 0.3 is 5.97 Å². The fourth-order valence-corrected chi connectivity index (χ4v) is 3.35. The second-order valence-corrected chi connectivity index (χ2v) is 7.74. The first kappa shape index (κ1) is 26.0. The van der Waals surface area contributed by atoms with Gasteiger partial charge in [0.25, 0.3) is 17.7 Å². The maximum absolute atomic E-state index is 12.8. The summed E-state index contributed by atoms with van der Waals surface area (Å²) in [5, 5.41) is 7.91. The lowest BCUT2D eigenvalue weighted by Crippen LogP contribution is -2.32. The molecule has 0 aliphatic carbocycles. The molecular formula is C27H27N3O6. The monoisotopic (exact) mass is 489 g/mol. The van der Waals surface area contributed by atoms with Crippen LogP contribution in [0.3, 0.4) is 0 Å². The largest absolute Gasteiger partial charge is 0.496 e. The molecule has 0 saturated carbocycles. The molecule has 0 spiro atoms. The van der Waals surface area contributed by atoms with Gasteiger partial charge in [0, 0.05) is 0 Å². The highest BCUT2D eigenvalue weighted by atomic mass is 16.5. The molecule has 9 nitrogen and oxygen atoms in total. The SMILES string of the molecule is COc1ccccc1C(=O)NCC(=O)OCC(=O)Nc1ccccc1C(=O)NC(C)c1ccccc1. The molecule has 3 rings (SSSR count). The predicted octanol–water partition coefficient (Wildman–Crippen LogP) is 3.10. The van der Waals surface area contributed by atoms with Gasteiger partial charge in [0.2, 0.25) is 0 Å². The number of esters is 1. The minimum atomic E-state index is -0.795. The van der Waals surface area contributed by atoms with Crippen LogP contribution in [-0.2, 0) is 14.3 Å². The minimum absolute atomic E-state index is 0.241. The summed E-state index contributed by atoms with van der Waals surface area (Å²) in [6.45, 7) is 0.848. The molecule has 0 saturated heterocycles. The first-order chi connectivity index (χ1) is 17.4. The van der Waals surface area contributed by atoms with Crippen molar-refractivity contribution in [2.75, 3.05) is 25.6 Å². The Labute approximate surface area is 208 Å². The van der Waals surface area contributed by atoms with E-state index in [-0.39, 0.29) is 28.8 Å². The van der Waals surface area contributed by atoms with Gasteiger partial charge in [-0.1, -0.05) is 54.6 Å². The molecule has 0 aliphatic heterocycles. The van der Waals surface area contributed by atoms with Gasteiger partial charge in [0.05, 0.1) is 30.0 Å². The van der Waals surface area contributed by atoms with Crippen LogP contribution in [0.4, 0.5) is 5.69 Å².